The van der Waals surface area contributed by atoms with Crippen LogP contribution in [0, 0.1) is 0 Å². The van der Waals surface area contributed by atoms with Crippen LogP contribution in [0.1, 0.15) is 0 Å². The Morgan fingerprint density at radius 2 is 1.91 bits per heavy atom. The minimum Gasteiger partial charge on any atom is -0.352 e. The van der Waals surface area contributed by atoms with E-state index in [0.29, 0.717) is 10.3 Å². The maximum absolute atomic E-state index is 5.60. The van der Waals surface area contributed by atoms with Crippen molar-refractivity contribution < 1.29 is 0 Å². The average Bonchev–Trinajstić information content (AvgIpc) is 1.85. The van der Waals surface area contributed by atoms with E-state index in [1.165, 1.54) is 5.49 Å². The van der Waals surface area contributed by atoms with Crippen molar-refractivity contribution in [2.75, 3.05) is 5.32 Å². The SMILES string of the molecule is S=CNc1cc(Cl)nc(Cl)c1. The minimum absolute atomic E-state index is 0.344. The van der Waals surface area contributed by atoms with Crippen LogP contribution < -0.4 is 5.32 Å². The molecule has 0 unspecified atom stereocenters. The van der Waals surface area contributed by atoms with Gasteiger partial charge < -0.3 is 5.32 Å². The molecular formula is C6H4Cl2N2S. The molecule has 1 aromatic rings. The van der Waals surface area contributed by atoms with Gasteiger partial charge in [0, 0.05) is 5.69 Å². The highest BCUT2D eigenvalue weighted by Gasteiger charge is 1.96. The maximum Gasteiger partial charge on any atom is 0.132 e. The van der Waals surface area contributed by atoms with E-state index in [0.717, 1.165) is 5.69 Å². The molecule has 1 heterocycles. The fraction of sp³-hybridized carbons (Fsp3) is 0. The van der Waals surface area contributed by atoms with Gasteiger partial charge in [-0.15, -0.1) is 0 Å². The van der Waals surface area contributed by atoms with Crippen LogP contribution >= 0.6 is 35.4 Å². The molecule has 2 nitrogen and oxygen atoms in total. The summed E-state index contributed by atoms with van der Waals surface area (Å²) in [5.74, 6) is 0. The Balaban J connectivity index is 2.98. The highest BCUT2D eigenvalue weighted by molar-refractivity contribution is 7.79. The molecule has 0 saturated heterocycles. The van der Waals surface area contributed by atoms with Crippen LogP contribution in [-0.4, -0.2) is 10.5 Å². The van der Waals surface area contributed by atoms with Gasteiger partial charge in [-0.05, 0) is 12.1 Å². The third kappa shape index (κ3) is 2.61. The van der Waals surface area contributed by atoms with Crippen LogP contribution in [0.3, 0.4) is 0 Å². The molecule has 0 bridgehead atoms. The van der Waals surface area contributed by atoms with Crippen molar-refractivity contribution in [2.24, 2.45) is 0 Å². The number of aromatic nitrogens is 1. The van der Waals surface area contributed by atoms with Gasteiger partial charge in [0.15, 0.2) is 0 Å². The fourth-order valence-corrected chi connectivity index (χ4v) is 1.21. The Morgan fingerprint density at radius 3 is 2.36 bits per heavy atom. The normalized spacial score (nSPS) is 9.27. The third-order valence-corrected chi connectivity index (χ3v) is 1.49. The second-order valence-electron chi connectivity index (χ2n) is 1.76. The largest absolute Gasteiger partial charge is 0.352 e. The Labute approximate surface area is 79.5 Å². The molecule has 0 aliphatic carbocycles. The van der Waals surface area contributed by atoms with Gasteiger partial charge in [0.1, 0.15) is 10.3 Å². The first kappa shape index (κ1) is 8.71. The zero-order chi connectivity index (χ0) is 8.27. The Hall–Kier alpha value is -0.380. The van der Waals surface area contributed by atoms with E-state index in [1.54, 1.807) is 12.1 Å². The summed E-state index contributed by atoms with van der Waals surface area (Å²) in [7, 11) is 0. The highest BCUT2D eigenvalue weighted by atomic mass is 35.5. The molecule has 0 spiro atoms. The Kier molecular flexibility index (Phi) is 3.05. The molecule has 1 N–H and O–H groups in total. The van der Waals surface area contributed by atoms with Crippen molar-refractivity contribution in [1.29, 1.82) is 0 Å². The summed E-state index contributed by atoms with van der Waals surface area (Å²) in [6.45, 7) is 0. The lowest BCUT2D eigenvalue weighted by molar-refractivity contribution is 1.33. The van der Waals surface area contributed by atoms with Crippen molar-refractivity contribution in [3.8, 4) is 0 Å². The van der Waals surface area contributed by atoms with Crippen LogP contribution in [0.5, 0.6) is 0 Å². The van der Waals surface area contributed by atoms with Crippen LogP contribution in [0.4, 0.5) is 5.69 Å². The van der Waals surface area contributed by atoms with Crippen LogP contribution in [0.15, 0.2) is 12.1 Å². The zero-order valence-corrected chi connectivity index (χ0v) is 7.67. The average molecular weight is 207 g/mol. The molecule has 58 valence electrons. The molecule has 0 aliphatic heterocycles. The summed E-state index contributed by atoms with van der Waals surface area (Å²) in [6, 6.07) is 3.27. The van der Waals surface area contributed by atoms with E-state index in [-0.39, 0.29) is 0 Å². The fourth-order valence-electron chi connectivity index (χ4n) is 0.616. The Morgan fingerprint density at radius 1 is 1.36 bits per heavy atom. The summed E-state index contributed by atoms with van der Waals surface area (Å²) in [6.07, 6.45) is 0. The van der Waals surface area contributed by atoms with Crippen molar-refractivity contribution in [2.45, 2.75) is 0 Å². The van der Waals surface area contributed by atoms with Gasteiger partial charge in [-0.1, -0.05) is 35.4 Å². The molecule has 0 fully saturated rings. The van der Waals surface area contributed by atoms with Crippen molar-refractivity contribution in [3.63, 3.8) is 0 Å². The smallest absolute Gasteiger partial charge is 0.132 e. The van der Waals surface area contributed by atoms with E-state index in [4.69, 9.17) is 23.2 Å². The lowest BCUT2D eigenvalue weighted by Gasteiger charge is -1.99. The molecular weight excluding hydrogens is 203 g/mol. The number of hydrogen-bond donors (Lipinski definition) is 1. The van der Waals surface area contributed by atoms with Gasteiger partial charge >= 0.3 is 0 Å². The van der Waals surface area contributed by atoms with E-state index >= 15 is 0 Å². The number of hydrogen-bond acceptors (Lipinski definition) is 2. The molecule has 0 atom stereocenters. The highest BCUT2D eigenvalue weighted by Crippen LogP contribution is 2.17. The topological polar surface area (TPSA) is 24.9 Å². The molecule has 1 rings (SSSR count). The Bertz CT molecular complexity index is 257. The van der Waals surface area contributed by atoms with Gasteiger partial charge in [-0.2, -0.15) is 0 Å². The predicted octanol–water partition coefficient (Wildman–Crippen LogP) is 2.76. The van der Waals surface area contributed by atoms with Gasteiger partial charge in [0.25, 0.3) is 0 Å². The zero-order valence-electron chi connectivity index (χ0n) is 5.34. The summed E-state index contributed by atoms with van der Waals surface area (Å²) < 4.78 is 0. The molecule has 0 aromatic carbocycles. The number of pyridine rings is 1. The van der Waals surface area contributed by atoms with Gasteiger partial charge in [0.05, 0.1) is 5.49 Å². The molecule has 0 radical (unpaired) electrons. The van der Waals surface area contributed by atoms with E-state index in [2.05, 4.69) is 22.5 Å². The molecule has 1 aromatic heterocycles. The number of nitrogens with zero attached hydrogens (tertiary/aromatic N) is 1. The van der Waals surface area contributed by atoms with Crippen LogP contribution in [0.25, 0.3) is 0 Å². The molecule has 0 saturated carbocycles. The van der Waals surface area contributed by atoms with E-state index in [1.807, 2.05) is 0 Å². The summed E-state index contributed by atoms with van der Waals surface area (Å²) in [4.78, 5) is 3.76. The lowest BCUT2D eigenvalue weighted by atomic mass is 10.4. The standard InChI is InChI=1S/C6H4Cl2N2S/c7-5-1-4(9-3-11)2-6(8)10-5/h1-3H,(H,9,10,11). The number of rotatable bonds is 2. The third-order valence-electron chi connectivity index (χ3n) is 0.988. The molecule has 5 heteroatoms. The number of halogens is 2. The van der Waals surface area contributed by atoms with Crippen LogP contribution in [-0.2, 0) is 0 Å². The summed E-state index contributed by atoms with van der Waals surface area (Å²) >= 11 is 15.8. The van der Waals surface area contributed by atoms with Crippen molar-refractivity contribution in [1.82, 2.24) is 4.98 Å². The predicted molar refractivity (Wildman–Crippen MR) is 51.5 cm³/mol. The summed E-state index contributed by atoms with van der Waals surface area (Å²) in [5.41, 5.74) is 2.12. The number of anilines is 1. The first-order valence-corrected chi connectivity index (χ1v) is 3.98. The van der Waals surface area contributed by atoms with Gasteiger partial charge in [-0.25, -0.2) is 4.98 Å². The van der Waals surface area contributed by atoms with Gasteiger partial charge in [-0.3, -0.25) is 0 Å². The quantitative estimate of drug-likeness (QED) is 0.596. The first-order valence-electron chi connectivity index (χ1n) is 2.75. The first-order chi connectivity index (χ1) is 5.22. The maximum atomic E-state index is 5.60. The summed E-state index contributed by atoms with van der Waals surface area (Å²) in [5, 5.41) is 3.46. The molecule has 0 amide bonds. The van der Waals surface area contributed by atoms with Crippen molar-refractivity contribution in [3.05, 3.63) is 22.4 Å². The molecule has 11 heavy (non-hydrogen) atoms. The minimum atomic E-state index is 0.344. The number of nitrogens with one attached hydrogen (secondary N) is 1. The van der Waals surface area contributed by atoms with Crippen LogP contribution in [0.2, 0.25) is 10.3 Å². The van der Waals surface area contributed by atoms with Gasteiger partial charge in [0.2, 0.25) is 0 Å². The number of thiocarbonyl (C=S) groups is 1. The monoisotopic (exact) mass is 206 g/mol. The lowest BCUT2D eigenvalue weighted by Crippen LogP contribution is -1.92. The molecule has 0 aliphatic rings. The second-order valence-corrected chi connectivity index (χ2v) is 2.77. The van der Waals surface area contributed by atoms with Crippen molar-refractivity contribution >= 4 is 46.6 Å². The second kappa shape index (κ2) is 3.85. The van der Waals surface area contributed by atoms with E-state index in [9.17, 15) is 0 Å². The van der Waals surface area contributed by atoms with E-state index < -0.39 is 0 Å².